The molecule has 20 heavy (non-hydrogen) atoms. The van der Waals surface area contributed by atoms with Gasteiger partial charge in [0.25, 0.3) is 0 Å². The molecule has 0 aliphatic heterocycles. The fourth-order valence-corrected chi connectivity index (χ4v) is 1.77. The lowest BCUT2D eigenvalue weighted by molar-refractivity contribution is -0.118. The van der Waals surface area contributed by atoms with E-state index in [9.17, 15) is 9.59 Å². The van der Waals surface area contributed by atoms with E-state index in [1.807, 2.05) is 6.92 Å². The zero-order chi connectivity index (χ0) is 14.7. The average Bonchev–Trinajstić information content (AvgIpc) is 2.43. The van der Waals surface area contributed by atoms with Gasteiger partial charge in [0.15, 0.2) is 0 Å². The first kappa shape index (κ1) is 13.8. The molecule has 0 unspecified atom stereocenters. The SMILES string of the molecule is Cc1cnc(=O)n(CC(=O)N(C)c2ccc(N)cc2)c1. The highest BCUT2D eigenvalue weighted by molar-refractivity contribution is 5.92. The maximum Gasteiger partial charge on any atom is 0.347 e. The quantitative estimate of drug-likeness (QED) is 0.838. The van der Waals surface area contributed by atoms with Crippen LogP contribution in [0.1, 0.15) is 5.56 Å². The molecule has 0 fully saturated rings. The van der Waals surface area contributed by atoms with E-state index in [0.717, 1.165) is 11.3 Å². The number of hydrogen-bond donors (Lipinski definition) is 1. The molecule has 2 rings (SSSR count). The second-order valence-corrected chi connectivity index (χ2v) is 4.59. The van der Waals surface area contributed by atoms with Crippen molar-refractivity contribution in [3.63, 3.8) is 0 Å². The topological polar surface area (TPSA) is 81.2 Å². The molecule has 2 aromatic rings. The molecular formula is C14H16N4O2. The fraction of sp³-hybridized carbons (Fsp3) is 0.214. The van der Waals surface area contributed by atoms with Gasteiger partial charge < -0.3 is 10.6 Å². The Morgan fingerprint density at radius 3 is 2.65 bits per heavy atom. The Labute approximate surface area is 116 Å². The number of nitrogens with two attached hydrogens (primary N) is 1. The summed E-state index contributed by atoms with van der Waals surface area (Å²) in [5, 5.41) is 0. The van der Waals surface area contributed by atoms with Crippen LogP contribution in [0.2, 0.25) is 0 Å². The minimum absolute atomic E-state index is 0.0472. The van der Waals surface area contributed by atoms with Crippen LogP contribution in [0.3, 0.4) is 0 Å². The molecule has 1 amide bonds. The number of anilines is 2. The Morgan fingerprint density at radius 2 is 2.00 bits per heavy atom. The molecule has 0 saturated carbocycles. The highest BCUT2D eigenvalue weighted by Crippen LogP contribution is 2.15. The van der Waals surface area contributed by atoms with Crippen LogP contribution in [0.15, 0.2) is 41.5 Å². The third-order valence-corrected chi connectivity index (χ3v) is 2.94. The van der Waals surface area contributed by atoms with Crippen molar-refractivity contribution in [3.05, 3.63) is 52.7 Å². The van der Waals surface area contributed by atoms with E-state index in [4.69, 9.17) is 5.73 Å². The van der Waals surface area contributed by atoms with Crippen LogP contribution in [0.25, 0.3) is 0 Å². The van der Waals surface area contributed by atoms with Crippen molar-refractivity contribution in [3.8, 4) is 0 Å². The smallest absolute Gasteiger partial charge is 0.347 e. The highest BCUT2D eigenvalue weighted by Gasteiger charge is 2.12. The maximum atomic E-state index is 12.2. The van der Waals surface area contributed by atoms with Gasteiger partial charge in [0, 0.05) is 30.8 Å². The van der Waals surface area contributed by atoms with Crippen LogP contribution in [0, 0.1) is 6.92 Å². The maximum absolute atomic E-state index is 12.2. The monoisotopic (exact) mass is 272 g/mol. The van der Waals surface area contributed by atoms with Crippen LogP contribution in [-0.2, 0) is 11.3 Å². The fourth-order valence-electron chi connectivity index (χ4n) is 1.77. The van der Waals surface area contributed by atoms with Gasteiger partial charge in [-0.25, -0.2) is 9.78 Å². The first-order valence-corrected chi connectivity index (χ1v) is 6.12. The summed E-state index contributed by atoms with van der Waals surface area (Å²) in [7, 11) is 1.65. The van der Waals surface area contributed by atoms with Crippen LogP contribution >= 0.6 is 0 Å². The predicted octanol–water partition coefficient (Wildman–Crippen LogP) is 0.797. The van der Waals surface area contributed by atoms with E-state index in [0.29, 0.717) is 5.69 Å². The lowest BCUT2D eigenvalue weighted by Gasteiger charge is -2.18. The molecule has 1 aromatic carbocycles. The van der Waals surface area contributed by atoms with Gasteiger partial charge >= 0.3 is 5.69 Å². The van der Waals surface area contributed by atoms with Gasteiger partial charge in [-0.1, -0.05) is 0 Å². The number of carbonyl (C=O) groups is 1. The van der Waals surface area contributed by atoms with Crippen molar-refractivity contribution in [1.29, 1.82) is 0 Å². The molecule has 0 aliphatic carbocycles. The van der Waals surface area contributed by atoms with Crippen molar-refractivity contribution in [2.45, 2.75) is 13.5 Å². The summed E-state index contributed by atoms with van der Waals surface area (Å²) in [4.78, 5) is 28.9. The van der Waals surface area contributed by atoms with Gasteiger partial charge in [-0.2, -0.15) is 0 Å². The normalized spacial score (nSPS) is 10.3. The van der Waals surface area contributed by atoms with E-state index in [1.165, 1.54) is 15.7 Å². The van der Waals surface area contributed by atoms with Crippen molar-refractivity contribution >= 4 is 17.3 Å². The third-order valence-electron chi connectivity index (χ3n) is 2.94. The molecule has 0 bridgehead atoms. The van der Waals surface area contributed by atoms with E-state index >= 15 is 0 Å². The number of benzene rings is 1. The van der Waals surface area contributed by atoms with Gasteiger partial charge in [-0.05, 0) is 36.8 Å². The van der Waals surface area contributed by atoms with E-state index in [-0.39, 0.29) is 12.5 Å². The van der Waals surface area contributed by atoms with Crippen molar-refractivity contribution in [2.75, 3.05) is 17.7 Å². The van der Waals surface area contributed by atoms with Gasteiger partial charge in [-0.3, -0.25) is 9.36 Å². The van der Waals surface area contributed by atoms with Crippen molar-refractivity contribution < 1.29 is 4.79 Å². The number of amides is 1. The van der Waals surface area contributed by atoms with Crippen LogP contribution in [0.4, 0.5) is 11.4 Å². The number of hydrogen-bond acceptors (Lipinski definition) is 4. The third kappa shape index (κ3) is 3.03. The molecule has 0 saturated heterocycles. The number of nitrogens with zero attached hydrogens (tertiary/aromatic N) is 3. The molecule has 2 N–H and O–H groups in total. The second kappa shape index (κ2) is 5.56. The van der Waals surface area contributed by atoms with Crippen LogP contribution < -0.4 is 16.3 Å². The summed E-state index contributed by atoms with van der Waals surface area (Å²) in [5.41, 5.74) is 7.35. The molecule has 1 heterocycles. The predicted molar refractivity (Wildman–Crippen MR) is 77.5 cm³/mol. The average molecular weight is 272 g/mol. The van der Waals surface area contributed by atoms with Crippen molar-refractivity contribution in [2.24, 2.45) is 0 Å². The molecule has 6 nitrogen and oxygen atoms in total. The molecule has 0 radical (unpaired) electrons. The molecule has 0 aliphatic rings. The zero-order valence-corrected chi connectivity index (χ0v) is 11.4. The Balaban J connectivity index is 2.17. The Kier molecular flexibility index (Phi) is 3.84. The Hall–Kier alpha value is -2.63. The lowest BCUT2D eigenvalue weighted by atomic mass is 10.2. The molecular weight excluding hydrogens is 256 g/mol. The number of nitrogen functional groups attached to an aromatic ring is 1. The highest BCUT2D eigenvalue weighted by atomic mass is 16.2. The van der Waals surface area contributed by atoms with Crippen LogP contribution in [-0.4, -0.2) is 22.5 Å². The largest absolute Gasteiger partial charge is 0.399 e. The Bertz CT molecular complexity index is 676. The lowest BCUT2D eigenvalue weighted by Crippen LogP contribution is -2.34. The molecule has 104 valence electrons. The van der Waals surface area contributed by atoms with Gasteiger partial charge in [0.1, 0.15) is 6.54 Å². The van der Waals surface area contributed by atoms with E-state index in [2.05, 4.69) is 4.98 Å². The molecule has 6 heteroatoms. The summed E-state index contributed by atoms with van der Waals surface area (Å²) in [6.45, 7) is 1.77. The van der Waals surface area contributed by atoms with Crippen LogP contribution in [0.5, 0.6) is 0 Å². The summed E-state index contributed by atoms with van der Waals surface area (Å²) >= 11 is 0. The summed E-state index contributed by atoms with van der Waals surface area (Å²) < 4.78 is 1.30. The first-order valence-electron chi connectivity index (χ1n) is 6.12. The van der Waals surface area contributed by atoms with Gasteiger partial charge in [0.05, 0.1) is 0 Å². The number of likely N-dealkylation sites (N-methyl/N-ethyl adjacent to an activating group) is 1. The number of carbonyl (C=O) groups excluding carboxylic acids is 1. The van der Waals surface area contributed by atoms with E-state index < -0.39 is 5.69 Å². The number of aromatic nitrogens is 2. The first-order chi connectivity index (χ1) is 9.47. The zero-order valence-electron chi connectivity index (χ0n) is 11.4. The number of rotatable bonds is 3. The summed E-state index contributed by atoms with van der Waals surface area (Å²) in [6, 6.07) is 6.95. The Morgan fingerprint density at radius 1 is 1.35 bits per heavy atom. The van der Waals surface area contributed by atoms with Gasteiger partial charge in [0.2, 0.25) is 5.91 Å². The molecule has 1 aromatic heterocycles. The minimum Gasteiger partial charge on any atom is -0.399 e. The standard InChI is InChI=1S/C14H16N4O2/c1-10-7-16-14(20)18(8-10)9-13(19)17(2)12-5-3-11(15)4-6-12/h3-8H,9,15H2,1-2H3. The van der Waals surface area contributed by atoms with E-state index in [1.54, 1.807) is 37.5 Å². The van der Waals surface area contributed by atoms with Gasteiger partial charge in [-0.15, -0.1) is 0 Å². The molecule has 0 spiro atoms. The summed E-state index contributed by atoms with van der Waals surface area (Å²) in [6.07, 6.45) is 3.09. The van der Waals surface area contributed by atoms with Crippen molar-refractivity contribution in [1.82, 2.24) is 9.55 Å². The number of aryl methyl sites for hydroxylation is 1. The second-order valence-electron chi connectivity index (χ2n) is 4.59. The molecule has 0 atom stereocenters. The minimum atomic E-state index is -0.436. The summed E-state index contributed by atoms with van der Waals surface area (Å²) in [5.74, 6) is -0.204.